The first-order valence-electron chi connectivity index (χ1n) is 7.25. The molecule has 0 radical (unpaired) electrons. The minimum atomic E-state index is 0.144. The molecular weight excluding hydrogens is 284 g/mol. The summed E-state index contributed by atoms with van der Waals surface area (Å²) >= 11 is 1.21. The lowest BCUT2D eigenvalue weighted by molar-refractivity contribution is 0.0985. The third kappa shape index (κ3) is 2.97. The third-order valence-electron chi connectivity index (χ3n) is 3.71. The zero-order chi connectivity index (χ0) is 14.8. The van der Waals surface area contributed by atoms with E-state index in [9.17, 15) is 4.79 Å². The number of ether oxygens (including phenoxy) is 1. The zero-order valence-corrected chi connectivity index (χ0v) is 13.1. The molecule has 0 fully saturated rings. The lowest BCUT2D eigenvalue weighted by Crippen LogP contribution is -2.04. The first-order valence-corrected chi connectivity index (χ1v) is 8.02. The summed E-state index contributed by atoms with van der Waals surface area (Å²) in [6, 6.07) is 6.21. The number of Topliss-reactive ketones (excluding diaryl/α,β-unsaturated/α-hetero) is 1. The van der Waals surface area contributed by atoms with E-state index in [1.807, 2.05) is 26.0 Å². The van der Waals surface area contributed by atoms with Gasteiger partial charge in [-0.05, 0) is 41.1 Å². The van der Waals surface area contributed by atoms with Crippen LogP contribution in [0.2, 0.25) is 0 Å². The van der Waals surface area contributed by atoms with Crippen LogP contribution < -0.4 is 4.74 Å². The molecule has 5 heteroatoms. The van der Waals surface area contributed by atoms with E-state index in [0.29, 0.717) is 6.42 Å². The van der Waals surface area contributed by atoms with Crippen LogP contribution in [0.5, 0.6) is 5.75 Å². The van der Waals surface area contributed by atoms with Crippen molar-refractivity contribution < 1.29 is 9.53 Å². The van der Waals surface area contributed by atoms with Crippen molar-refractivity contribution in [2.45, 2.75) is 39.0 Å². The highest BCUT2D eigenvalue weighted by Crippen LogP contribution is 2.27. The number of carbonyl (C=O) groups is 1. The number of hydrogen-bond acceptors (Lipinski definition) is 5. The summed E-state index contributed by atoms with van der Waals surface area (Å²) in [7, 11) is 0. The number of ketones is 1. The number of aryl methyl sites for hydroxylation is 1. The molecule has 1 aliphatic heterocycles. The fourth-order valence-corrected chi connectivity index (χ4v) is 3.32. The topological polar surface area (TPSA) is 52.1 Å². The van der Waals surface area contributed by atoms with E-state index in [2.05, 4.69) is 15.7 Å². The molecule has 110 valence electrons. The summed E-state index contributed by atoms with van der Waals surface area (Å²) < 4.78 is 9.42. The summed E-state index contributed by atoms with van der Waals surface area (Å²) in [5.41, 5.74) is 3.27. The Balaban J connectivity index is 1.67. The molecule has 0 unspecified atom stereocenters. The van der Waals surface area contributed by atoms with Gasteiger partial charge >= 0.3 is 0 Å². The van der Waals surface area contributed by atoms with E-state index in [4.69, 9.17) is 4.74 Å². The Bertz CT molecular complexity index is 664. The average Bonchev–Trinajstić information content (AvgIpc) is 3.12. The summed E-state index contributed by atoms with van der Waals surface area (Å²) in [4.78, 5) is 13.1. The Morgan fingerprint density at radius 3 is 3.10 bits per heavy atom. The number of fused-ring (bicyclic) bond motifs is 1. The van der Waals surface area contributed by atoms with Gasteiger partial charge in [0.15, 0.2) is 5.78 Å². The molecular formula is C16H18N2O2S. The smallest absolute Gasteiger partial charge is 0.176 e. The molecule has 4 nitrogen and oxygen atoms in total. The molecule has 0 saturated carbocycles. The average molecular weight is 302 g/mol. The molecule has 2 aromatic rings. The SMILES string of the molecule is CC(C)c1nnsc1C(=O)CCc1ccc2c(c1)CCO2. The van der Waals surface area contributed by atoms with E-state index >= 15 is 0 Å². The van der Waals surface area contributed by atoms with Crippen molar-refractivity contribution in [2.24, 2.45) is 0 Å². The molecule has 0 saturated heterocycles. The van der Waals surface area contributed by atoms with Gasteiger partial charge in [-0.15, -0.1) is 5.10 Å². The fourth-order valence-electron chi connectivity index (χ4n) is 2.54. The minimum absolute atomic E-state index is 0.144. The van der Waals surface area contributed by atoms with E-state index in [-0.39, 0.29) is 11.7 Å². The number of aromatic nitrogens is 2. The molecule has 0 atom stereocenters. The molecule has 0 bridgehead atoms. The maximum absolute atomic E-state index is 12.3. The molecule has 1 aliphatic rings. The van der Waals surface area contributed by atoms with Gasteiger partial charge in [0.2, 0.25) is 0 Å². The minimum Gasteiger partial charge on any atom is -0.493 e. The van der Waals surface area contributed by atoms with Crippen LogP contribution in [0.3, 0.4) is 0 Å². The van der Waals surface area contributed by atoms with Crippen LogP contribution in [0.4, 0.5) is 0 Å². The van der Waals surface area contributed by atoms with Crippen LogP contribution in [0.15, 0.2) is 18.2 Å². The number of nitrogens with zero attached hydrogens (tertiary/aromatic N) is 2. The van der Waals surface area contributed by atoms with Crippen molar-refractivity contribution in [1.29, 1.82) is 0 Å². The van der Waals surface area contributed by atoms with Crippen molar-refractivity contribution in [3.8, 4) is 5.75 Å². The Kier molecular flexibility index (Phi) is 4.01. The Morgan fingerprint density at radius 2 is 2.29 bits per heavy atom. The molecule has 0 amide bonds. The first-order chi connectivity index (χ1) is 10.1. The van der Waals surface area contributed by atoms with Gasteiger partial charge in [-0.3, -0.25) is 4.79 Å². The number of rotatable bonds is 5. The highest BCUT2D eigenvalue weighted by molar-refractivity contribution is 7.08. The summed E-state index contributed by atoms with van der Waals surface area (Å²) in [6.07, 6.45) is 2.22. The lowest BCUT2D eigenvalue weighted by Gasteiger charge is -2.05. The predicted molar refractivity (Wildman–Crippen MR) is 82.3 cm³/mol. The van der Waals surface area contributed by atoms with E-state index in [1.165, 1.54) is 22.7 Å². The van der Waals surface area contributed by atoms with Crippen LogP contribution in [0.1, 0.15) is 52.7 Å². The normalized spacial score (nSPS) is 13.3. The number of carbonyl (C=O) groups excluding carboxylic acids is 1. The van der Waals surface area contributed by atoms with Crippen molar-refractivity contribution in [1.82, 2.24) is 9.59 Å². The number of benzene rings is 1. The van der Waals surface area contributed by atoms with E-state index in [0.717, 1.165) is 35.8 Å². The molecule has 0 spiro atoms. The molecule has 0 N–H and O–H groups in total. The zero-order valence-electron chi connectivity index (χ0n) is 12.3. The monoisotopic (exact) mass is 302 g/mol. The van der Waals surface area contributed by atoms with Gasteiger partial charge in [0, 0.05) is 12.8 Å². The van der Waals surface area contributed by atoms with Crippen molar-refractivity contribution >= 4 is 17.3 Å². The van der Waals surface area contributed by atoms with Gasteiger partial charge in [-0.25, -0.2) is 0 Å². The van der Waals surface area contributed by atoms with E-state index in [1.54, 1.807) is 0 Å². The van der Waals surface area contributed by atoms with Crippen LogP contribution in [0.25, 0.3) is 0 Å². The number of hydrogen-bond donors (Lipinski definition) is 0. The highest BCUT2D eigenvalue weighted by Gasteiger charge is 2.19. The van der Waals surface area contributed by atoms with Gasteiger partial charge in [-0.2, -0.15) is 0 Å². The summed E-state index contributed by atoms with van der Waals surface area (Å²) in [5, 5.41) is 4.07. The van der Waals surface area contributed by atoms with Crippen LogP contribution in [0, 0.1) is 0 Å². The lowest BCUT2D eigenvalue weighted by atomic mass is 10.0. The molecule has 0 aliphatic carbocycles. The second-order valence-corrected chi connectivity index (χ2v) is 6.36. The quantitative estimate of drug-likeness (QED) is 0.794. The Labute approximate surface area is 128 Å². The van der Waals surface area contributed by atoms with Crippen molar-refractivity contribution in [2.75, 3.05) is 6.61 Å². The molecule has 1 aromatic carbocycles. The third-order valence-corrected chi connectivity index (χ3v) is 4.49. The van der Waals surface area contributed by atoms with Crippen LogP contribution in [-0.2, 0) is 12.8 Å². The maximum atomic E-state index is 12.3. The predicted octanol–water partition coefficient (Wildman–Crippen LogP) is 3.41. The second kappa shape index (κ2) is 5.93. The van der Waals surface area contributed by atoms with Gasteiger partial charge in [-0.1, -0.05) is 30.5 Å². The second-order valence-electron chi connectivity index (χ2n) is 5.61. The van der Waals surface area contributed by atoms with E-state index < -0.39 is 0 Å². The first kappa shape index (κ1) is 14.2. The largest absolute Gasteiger partial charge is 0.493 e. The van der Waals surface area contributed by atoms with Crippen molar-refractivity contribution in [3.63, 3.8) is 0 Å². The maximum Gasteiger partial charge on any atom is 0.176 e. The standard InChI is InChI=1S/C16H18N2O2S/c1-10(2)15-16(21-18-17-15)13(19)5-3-11-4-6-14-12(9-11)7-8-20-14/h4,6,9-10H,3,5,7-8H2,1-2H3. The highest BCUT2D eigenvalue weighted by atomic mass is 32.1. The summed E-state index contributed by atoms with van der Waals surface area (Å²) in [6.45, 7) is 4.84. The molecule has 2 heterocycles. The van der Waals surface area contributed by atoms with Crippen LogP contribution >= 0.6 is 11.5 Å². The van der Waals surface area contributed by atoms with Crippen LogP contribution in [-0.4, -0.2) is 22.0 Å². The molecule has 3 rings (SSSR count). The molecule has 1 aromatic heterocycles. The molecule has 21 heavy (non-hydrogen) atoms. The summed E-state index contributed by atoms with van der Waals surface area (Å²) in [5.74, 6) is 1.36. The Hall–Kier alpha value is -1.75. The fraction of sp³-hybridized carbons (Fsp3) is 0.438. The van der Waals surface area contributed by atoms with Crippen molar-refractivity contribution in [3.05, 3.63) is 39.9 Å². The van der Waals surface area contributed by atoms with Gasteiger partial charge in [0.25, 0.3) is 0 Å². The van der Waals surface area contributed by atoms with Gasteiger partial charge < -0.3 is 4.74 Å². The van der Waals surface area contributed by atoms with Gasteiger partial charge in [0.1, 0.15) is 10.6 Å². The Morgan fingerprint density at radius 1 is 1.43 bits per heavy atom. The van der Waals surface area contributed by atoms with Gasteiger partial charge in [0.05, 0.1) is 12.3 Å².